The van der Waals surface area contributed by atoms with E-state index in [1.54, 1.807) is 7.05 Å². The van der Waals surface area contributed by atoms with Crippen molar-refractivity contribution in [2.24, 2.45) is 0 Å². The average molecular weight is 256 g/mol. The molecule has 98 valence electrons. The van der Waals surface area contributed by atoms with Crippen molar-refractivity contribution in [2.45, 2.75) is 25.8 Å². The van der Waals surface area contributed by atoms with E-state index in [9.17, 15) is 19.7 Å². The van der Waals surface area contributed by atoms with Gasteiger partial charge in [-0.25, -0.2) is 9.28 Å². The second-order valence-corrected chi connectivity index (χ2v) is 4.56. The fourth-order valence-corrected chi connectivity index (χ4v) is 2.28. The van der Waals surface area contributed by atoms with Crippen LogP contribution in [0.4, 0.5) is 4.79 Å². The van der Waals surface area contributed by atoms with Crippen molar-refractivity contribution in [1.29, 1.82) is 0 Å². The van der Waals surface area contributed by atoms with Crippen LogP contribution in [0.1, 0.15) is 19.8 Å². The third-order valence-electron chi connectivity index (χ3n) is 3.64. The molecule has 0 N–H and O–H groups in total. The highest BCUT2D eigenvalue weighted by Crippen LogP contribution is 2.41. The zero-order valence-corrected chi connectivity index (χ0v) is 10.4. The van der Waals surface area contributed by atoms with Gasteiger partial charge >= 0.3 is 17.6 Å². The van der Waals surface area contributed by atoms with Gasteiger partial charge in [0.1, 0.15) is 6.04 Å². The van der Waals surface area contributed by atoms with Gasteiger partial charge in [-0.3, -0.25) is 19.7 Å². The summed E-state index contributed by atoms with van der Waals surface area (Å²) in [5.74, 6) is -1.01. The molecule has 0 spiro atoms. The van der Waals surface area contributed by atoms with Gasteiger partial charge in [0.25, 0.3) is 0 Å². The molecule has 0 aromatic heterocycles. The standard InChI is InChI=1S/C10H14N3O5/c1-6-8(12(16)17)9(14)11(18-3)10(15)13(6,2)7-4-5-7/h7H,4-5H2,1-3H3/q+1. The quantitative estimate of drug-likeness (QED) is 0.419. The normalized spacial score (nSPS) is 28.9. The van der Waals surface area contributed by atoms with Crippen molar-refractivity contribution >= 4 is 11.9 Å². The number of urea groups is 1. The van der Waals surface area contributed by atoms with Gasteiger partial charge in [-0.15, -0.1) is 0 Å². The Bertz CT molecular complexity index is 482. The molecule has 3 amide bonds. The molecule has 1 saturated carbocycles. The van der Waals surface area contributed by atoms with Crippen LogP contribution >= 0.6 is 0 Å². The van der Waals surface area contributed by atoms with E-state index in [-0.39, 0.29) is 16.2 Å². The molecule has 1 fully saturated rings. The number of quaternary nitrogens is 1. The van der Waals surface area contributed by atoms with Gasteiger partial charge < -0.3 is 0 Å². The van der Waals surface area contributed by atoms with E-state index in [4.69, 9.17) is 4.84 Å². The van der Waals surface area contributed by atoms with Crippen molar-refractivity contribution in [3.63, 3.8) is 0 Å². The Balaban J connectivity index is 2.62. The summed E-state index contributed by atoms with van der Waals surface area (Å²) in [4.78, 5) is 39.0. The van der Waals surface area contributed by atoms with Crippen molar-refractivity contribution in [1.82, 2.24) is 5.06 Å². The number of carbonyl (C=O) groups is 2. The Hall–Kier alpha value is -1.80. The maximum Gasteiger partial charge on any atom is 0.455 e. The molecule has 8 heteroatoms. The molecular formula is C10H14N3O5+. The highest BCUT2D eigenvalue weighted by molar-refractivity contribution is 6.02. The Morgan fingerprint density at radius 3 is 2.39 bits per heavy atom. The maximum absolute atomic E-state index is 12.2. The number of hydroxylamine groups is 2. The summed E-state index contributed by atoms with van der Waals surface area (Å²) < 4.78 is -0.254. The van der Waals surface area contributed by atoms with Crippen LogP contribution < -0.4 is 0 Å². The Morgan fingerprint density at radius 1 is 1.44 bits per heavy atom. The lowest BCUT2D eigenvalue weighted by Crippen LogP contribution is -2.62. The lowest BCUT2D eigenvalue weighted by molar-refractivity contribution is -0.813. The molecule has 0 aromatic carbocycles. The van der Waals surface area contributed by atoms with Gasteiger partial charge in [0.15, 0.2) is 5.70 Å². The van der Waals surface area contributed by atoms with Crippen LogP contribution in [0.3, 0.4) is 0 Å². The zero-order chi connectivity index (χ0) is 13.7. The van der Waals surface area contributed by atoms with E-state index in [1.165, 1.54) is 6.92 Å². The number of rotatable bonds is 3. The van der Waals surface area contributed by atoms with Crippen molar-refractivity contribution < 1.29 is 23.8 Å². The van der Waals surface area contributed by atoms with Crippen LogP contribution in [0.15, 0.2) is 11.4 Å². The van der Waals surface area contributed by atoms with E-state index in [2.05, 4.69) is 0 Å². The number of hydrogen-bond donors (Lipinski definition) is 0. The largest absolute Gasteiger partial charge is 0.455 e. The van der Waals surface area contributed by atoms with Gasteiger partial charge in [0, 0.05) is 19.8 Å². The molecular weight excluding hydrogens is 242 g/mol. The fraction of sp³-hybridized carbons (Fsp3) is 0.600. The van der Waals surface area contributed by atoms with Gasteiger partial charge in [0.2, 0.25) is 0 Å². The van der Waals surface area contributed by atoms with Crippen LogP contribution in [-0.4, -0.2) is 46.6 Å². The van der Waals surface area contributed by atoms with Crippen molar-refractivity contribution in [3.05, 3.63) is 21.5 Å². The second kappa shape index (κ2) is 3.85. The van der Waals surface area contributed by atoms with Crippen LogP contribution in [0, 0.1) is 10.1 Å². The summed E-state index contributed by atoms with van der Waals surface area (Å²) in [6, 6.07) is -0.591. The number of nitrogens with zero attached hydrogens (tertiary/aromatic N) is 3. The lowest BCUT2D eigenvalue weighted by atomic mass is 10.2. The first-order valence-corrected chi connectivity index (χ1v) is 5.50. The molecule has 2 rings (SSSR count). The predicted octanol–water partition coefficient (Wildman–Crippen LogP) is 0.627. The fourth-order valence-electron chi connectivity index (χ4n) is 2.28. The van der Waals surface area contributed by atoms with Crippen LogP contribution in [0.25, 0.3) is 0 Å². The molecule has 0 radical (unpaired) electrons. The molecule has 18 heavy (non-hydrogen) atoms. The zero-order valence-electron chi connectivity index (χ0n) is 10.4. The minimum absolute atomic E-state index is 0.0156. The van der Waals surface area contributed by atoms with Gasteiger partial charge in [0.05, 0.1) is 19.1 Å². The van der Waals surface area contributed by atoms with E-state index in [0.29, 0.717) is 5.06 Å². The van der Waals surface area contributed by atoms with Gasteiger partial charge in [-0.05, 0) is 0 Å². The third-order valence-corrected chi connectivity index (χ3v) is 3.64. The van der Waals surface area contributed by atoms with Crippen LogP contribution in [0.2, 0.25) is 0 Å². The lowest BCUT2D eigenvalue weighted by Gasteiger charge is -2.36. The molecule has 1 heterocycles. The first-order chi connectivity index (χ1) is 8.35. The first-order valence-electron chi connectivity index (χ1n) is 5.50. The summed E-state index contributed by atoms with van der Waals surface area (Å²) in [6.45, 7) is 1.46. The maximum atomic E-state index is 12.2. The minimum atomic E-state index is -1.01. The number of amides is 3. The third kappa shape index (κ3) is 1.46. The highest BCUT2D eigenvalue weighted by Gasteiger charge is 2.61. The highest BCUT2D eigenvalue weighted by atomic mass is 16.7. The molecule has 1 atom stereocenters. The molecule has 1 unspecified atom stereocenters. The van der Waals surface area contributed by atoms with E-state index in [0.717, 1.165) is 20.0 Å². The Labute approximate surface area is 103 Å². The molecule has 0 saturated heterocycles. The van der Waals surface area contributed by atoms with Crippen LogP contribution in [-0.2, 0) is 9.63 Å². The summed E-state index contributed by atoms with van der Waals surface area (Å²) >= 11 is 0. The predicted molar refractivity (Wildman–Crippen MR) is 58.2 cm³/mol. The SMILES string of the molecule is CON1C(=O)C([N+](=O)[O-])=C(C)[N+](C)(C2CC2)C1=O. The summed E-state index contributed by atoms with van der Waals surface area (Å²) in [5.41, 5.74) is -0.406. The monoisotopic (exact) mass is 256 g/mol. The summed E-state index contributed by atoms with van der Waals surface area (Å²) in [7, 11) is 2.72. The van der Waals surface area contributed by atoms with Gasteiger partial charge in [-0.1, -0.05) is 5.06 Å². The smallest absolute Gasteiger partial charge is 0.262 e. The molecule has 2 aliphatic rings. The van der Waals surface area contributed by atoms with E-state index in [1.807, 2.05) is 0 Å². The summed E-state index contributed by atoms with van der Waals surface area (Å²) in [6.07, 6.45) is 1.60. The molecule has 1 aliphatic heterocycles. The summed E-state index contributed by atoms with van der Waals surface area (Å²) in [5, 5.41) is 11.5. The number of hydrogen-bond acceptors (Lipinski definition) is 5. The van der Waals surface area contributed by atoms with E-state index >= 15 is 0 Å². The number of carbonyl (C=O) groups excluding carboxylic acids is 2. The molecule has 0 aromatic rings. The Morgan fingerprint density at radius 2 is 2.00 bits per heavy atom. The molecule has 0 bridgehead atoms. The molecule has 8 nitrogen and oxygen atoms in total. The number of nitro groups is 1. The Kier molecular flexibility index (Phi) is 2.71. The topological polar surface area (TPSA) is 89.8 Å². The van der Waals surface area contributed by atoms with Crippen molar-refractivity contribution in [3.8, 4) is 0 Å². The van der Waals surface area contributed by atoms with E-state index < -0.39 is 22.6 Å². The second-order valence-electron chi connectivity index (χ2n) is 4.56. The first kappa shape index (κ1) is 12.7. The van der Waals surface area contributed by atoms with Gasteiger partial charge in [-0.2, -0.15) is 0 Å². The number of allylic oxidation sites excluding steroid dienone is 1. The van der Waals surface area contributed by atoms with Crippen molar-refractivity contribution in [2.75, 3.05) is 14.2 Å². The minimum Gasteiger partial charge on any atom is -0.262 e. The number of imide groups is 1. The molecule has 1 aliphatic carbocycles. The van der Waals surface area contributed by atoms with Crippen LogP contribution in [0.5, 0.6) is 0 Å². The average Bonchev–Trinajstić information content (AvgIpc) is 3.10.